The number of anilines is 1. The maximum absolute atomic E-state index is 12.3. The van der Waals surface area contributed by atoms with E-state index in [9.17, 15) is 9.59 Å². The molecule has 0 bridgehead atoms. The first-order chi connectivity index (χ1) is 9.65. The number of carbonyl (C=O) groups is 2. The first kappa shape index (κ1) is 14.2. The zero-order valence-electron chi connectivity index (χ0n) is 11.8. The second kappa shape index (κ2) is 6.32. The van der Waals surface area contributed by atoms with Gasteiger partial charge in [0, 0.05) is 6.54 Å². The Kier molecular flexibility index (Phi) is 4.50. The fourth-order valence-electron chi connectivity index (χ4n) is 2.11. The van der Waals surface area contributed by atoms with Crippen LogP contribution in [0.4, 0.5) is 5.69 Å². The van der Waals surface area contributed by atoms with Gasteiger partial charge in [-0.3, -0.25) is 9.59 Å². The van der Waals surface area contributed by atoms with Gasteiger partial charge in [-0.05, 0) is 25.5 Å². The van der Waals surface area contributed by atoms with E-state index < -0.39 is 5.92 Å². The number of rotatable bonds is 5. The van der Waals surface area contributed by atoms with Gasteiger partial charge in [-0.15, -0.1) is 0 Å². The molecule has 106 valence electrons. The molecule has 1 heterocycles. The molecule has 0 aliphatic carbocycles. The van der Waals surface area contributed by atoms with Crippen molar-refractivity contribution in [2.24, 2.45) is 11.0 Å². The van der Waals surface area contributed by atoms with Crippen LogP contribution in [0.2, 0.25) is 0 Å². The van der Waals surface area contributed by atoms with Crippen LogP contribution in [0.5, 0.6) is 0 Å². The van der Waals surface area contributed by atoms with Gasteiger partial charge in [0.25, 0.3) is 5.91 Å². The number of para-hydroxylation sites is 1. The molecular weight excluding hydrogens is 254 g/mol. The van der Waals surface area contributed by atoms with Crippen molar-refractivity contribution in [3.05, 3.63) is 30.3 Å². The number of hydrogen-bond donors (Lipinski definition) is 1. The molecule has 5 heteroatoms. The fourth-order valence-corrected chi connectivity index (χ4v) is 2.11. The molecule has 1 aliphatic heterocycles. The number of unbranched alkanes of at least 4 members (excludes halogenated alkanes) is 1. The van der Waals surface area contributed by atoms with Crippen molar-refractivity contribution in [2.45, 2.75) is 26.7 Å². The van der Waals surface area contributed by atoms with E-state index in [1.807, 2.05) is 18.2 Å². The number of benzene rings is 1. The molecule has 5 nitrogen and oxygen atoms in total. The summed E-state index contributed by atoms with van der Waals surface area (Å²) in [5.74, 6) is -1.35. The number of hydrazone groups is 1. The largest absolute Gasteiger partial charge is 0.355 e. The van der Waals surface area contributed by atoms with Crippen molar-refractivity contribution in [3.8, 4) is 0 Å². The minimum atomic E-state index is -0.799. The third kappa shape index (κ3) is 2.87. The minimum absolute atomic E-state index is 0.261. The summed E-state index contributed by atoms with van der Waals surface area (Å²) >= 11 is 0. The molecule has 0 fully saturated rings. The van der Waals surface area contributed by atoms with Gasteiger partial charge in [0.1, 0.15) is 0 Å². The zero-order chi connectivity index (χ0) is 14.5. The Morgan fingerprint density at radius 1 is 1.35 bits per heavy atom. The molecule has 0 radical (unpaired) electrons. The van der Waals surface area contributed by atoms with E-state index in [1.165, 1.54) is 5.01 Å². The van der Waals surface area contributed by atoms with Crippen LogP contribution in [-0.2, 0) is 9.59 Å². The summed E-state index contributed by atoms with van der Waals surface area (Å²) in [5, 5.41) is 8.31. The van der Waals surface area contributed by atoms with Gasteiger partial charge in [-0.2, -0.15) is 10.1 Å². The SMILES string of the molecule is CCCCNC(=O)[C@H]1C(=O)N(c2ccccc2)N=C1C. The van der Waals surface area contributed by atoms with E-state index in [-0.39, 0.29) is 11.8 Å². The lowest BCUT2D eigenvalue weighted by molar-refractivity contribution is -0.130. The maximum Gasteiger partial charge on any atom is 0.265 e. The highest BCUT2D eigenvalue weighted by atomic mass is 16.2. The number of hydrogen-bond acceptors (Lipinski definition) is 3. The predicted octanol–water partition coefficient (Wildman–Crippen LogP) is 1.94. The van der Waals surface area contributed by atoms with Gasteiger partial charge in [-0.1, -0.05) is 31.5 Å². The van der Waals surface area contributed by atoms with Gasteiger partial charge >= 0.3 is 0 Å². The third-order valence-corrected chi connectivity index (χ3v) is 3.22. The summed E-state index contributed by atoms with van der Waals surface area (Å²) < 4.78 is 0. The second-order valence-corrected chi connectivity index (χ2v) is 4.80. The fraction of sp³-hybridized carbons (Fsp3) is 0.400. The molecule has 1 N–H and O–H groups in total. The standard InChI is InChI=1S/C15H19N3O2/c1-3-4-10-16-14(19)13-11(2)17-18(15(13)20)12-8-6-5-7-9-12/h5-9,13H,3-4,10H2,1-2H3,(H,16,19)/t13-/m0/s1. The van der Waals surface area contributed by atoms with E-state index in [2.05, 4.69) is 17.3 Å². The number of amides is 2. The van der Waals surface area contributed by atoms with Crippen molar-refractivity contribution >= 4 is 23.2 Å². The minimum Gasteiger partial charge on any atom is -0.355 e. The van der Waals surface area contributed by atoms with Crippen molar-refractivity contribution < 1.29 is 9.59 Å². The zero-order valence-corrected chi connectivity index (χ0v) is 11.8. The predicted molar refractivity (Wildman–Crippen MR) is 78.4 cm³/mol. The van der Waals surface area contributed by atoms with Gasteiger partial charge < -0.3 is 5.32 Å². The quantitative estimate of drug-likeness (QED) is 0.658. The van der Waals surface area contributed by atoms with E-state index >= 15 is 0 Å². The Hall–Kier alpha value is -2.17. The number of nitrogens with one attached hydrogen (secondary N) is 1. The second-order valence-electron chi connectivity index (χ2n) is 4.80. The topological polar surface area (TPSA) is 61.8 Å². The van der Waals surface area contributed by atoms with Gasteiger partial charge in [0.2, 0.25) is 5.91 Å². The van der Waals surface area contributed by atoms with E-state index in [4.69, 9.17) is 0 Å². The molecule has 0 spiro atoms. The normalized spacial score (nSPS) is 18.1. The molecule has 0 unspecified atom stereocenters. The molecule has 1 atom stereocenters. The smallest absolute Gasteiger partial charge is 0.265 e. The molecule has 1 aromatic rings. The molecule has 1 aliphatic rings. The van der Waals surface area contributed by atoms with Gasteiger partial charge in [-0.25, -0.2) is 0 Å². The summed E-state index contributed by atoms with van der Waals surface area (Å²) in [7, 11) is 0. The summed E-state index contributed by atoms with van der Waals surface area (Å²) in [6.07, 6.45) is 1.91. The Labute approximate surface area is 118 Å². The van der Waals surface area contributed by atoms with Crippen molar-refractivity contribution in [1.82, 2.24) is 5.32 Å². The van der Waals surface area contributed by atoms with Crippen LogP contribution in [0.15, 0.2) is 35.4 Å². The van der Waals surface area contributed by atoms with Crippen LogP contribution in [0.3, 0.4) is 0 Å². The Bertz CT molecular complexity index is 525. The van der Waals surface area contributed by atoms with Crippen LogP contribution in [0.25, 0.3) is 0 Å². The Morgan fingerprint density at radius 3 is 2.70 bits per heavy atom. The summed E-state index contributed by atoms with van der Waals surface area (Å²) in [5.41, 5.74) is 1.22. The average Bonchev–Trinajstić information content (AvgIpc) is 2.75. The highest BCUT2D eigenvalue weighted by Crippen LogP contribution is 2.23. The molecule has 20 heavy (non-hydrogen) atoms. The Morgan fingerprint density at radius 2 is 2.05 bits per heavy atom. The van der Waals surface area contributed by atoms with Crippen LogP contribution in [0, 0.1) is 5.92 Å². The number of nitrogens with zero attached hydrogens (tertiary/aromatic N) is 2. The molecule has 2 amide bonds. The van der Waals surface area contributed by atoms with E-state index in [0.717, 1.165) is 12.8 Å². The third-order valence-electron chi connectivity index (χ3n) is 3.22. The molecule has 0 saturated heterocycles. The van der Waals surface area contributed by atoms with Crippen LogP contribution in [-0.4, -0.2) is 24.1 Å². The van der Waals surface area contributed by atoms with Crippen LogP contribution in [0.1, 0.15) is 26.7 Å². The first-order valence-electron chi connectivity index (χ1n) is 6.87. The summed E-state index contributed by atoms with van der Waals surface area (Å²) in [6, 6.07) is 9.14. The Balaban J connectivity index is 2.09. The summed E-state index contributed by atoms with van der Waals surface area (Å²) in [6.45, 7) is 4.36. The average molecular weight is 273 g/mol. The maximum atomic E-state index is 12.3. The first-order valence-corrected chi connectivity index (χ1v) is 6.87. The lowest BCUT2D eigenvalue weighted by Crippen LogP contribution is -2.40. The van der Waals surface area contributed by atoms with Crippen molar-refractivity contribution in [1.29, 1.82) is 0 Å². The molecule has 0 saturated carbocycles. The number of carbonyl (C=O) groups excluding carboxylic acids is 2. The lowest BCUT2D eigenvalue weighted by Gasteiger charge is -2.14. The van der Waals surface area contributed by atoms with Gasteiger partial charge in [0.05, 0.1) is 11.4 Å². The highest BCUT2D eigenvalue weighted by Gasteiger charge is 2.39. The van der Waals surface area contributed by atoms with Crippen molar-refractivity contribution in [3.63, 3.8) is 0 Å². The lowest BCUT2D eigenvalue weighted by atomic mass is 10.0. The summed E-state index contributed by atoms with van der Waals surface area (Å²) in [4.78, 5) is 24.4. The monoisotopic (exact) mass is 273 g/mol. The van der Waals surface area contributed by atoms with Crippen LogP contribution < -0.4 is 10.3 Å². The molecule has 0 aromatic heterocycles. The molecule has 2 rings (SSSR count). The van der Waals surface area contributed by atoms with E-state index in [0.29, 0.717) is 17.9 Å². The highest BCUT2D eigenvalue weighted by molar-refractivity contribution is 6.26. The molecular formula is C15H19N3O2. The van der Waals surface area contributed by atoms with Crippen molar-refractivity contribution in [2.75, 3.05) is 11.6 Å². The van der Waals surface area contributed by atoms with Crippen LogP contribution >= 0.6 is 0 Å². The van der Waals surface area contributed by atoms with E-state index in [1.54, 1.807) is 19.1 Å². The molecule has 1 aromatic carbocycles. The van der Waals surface area contributed by atoms with Gasteiger partial charge in [0.15, 0.2) is 5.92 Å².